The van der Waals surface area contributed by atoms with Gasteiger partial charge in [-0.1, -0.05) is 0 Å². The van der Waals surface area contributed by atoms with Gasteiger partial charge in [0, 0.05) is 12.2 Å². The minimum absolute atomic E-state index is 0.227. The monoisotopic (exact) mass is 293 g/mol. The number of benzene rings is 1. The first kappa shape index (κ1) is 16.0. The van der Waals surface area contributed by atoms with E-state index in [9.17, 15) is 13.2 Å². The maximum absolute atomic E-state index is 11.9. The van der Waals surface area contributed by atoms with Crippen LogP contribution < -0.4 is 10.1 Å². The normalized spacial score (nSPS) is 11.4. The Labute approximate surface area is 115 Å². The Morgan fingerprint density at radius 2 is 1.84 bits per heavy atom. The van der Waals surface area contributed by atoms with Crippen LogP contribution in [0, 0.1) is 0 Å². The van der Waals surface area contributed by atoms with Crippen LogP contribution in [0.5, 0.6) is 5.75 Å². The number of alkyl halides is 3. The Bertz CT molecular complexity index is 354. The molecule has 0 unspecified atom stereocenters. The van der Waals surface area contributed by atoms with E-state index in [1.54, 1.807) is 12.1 Å². The summed E-state index contributed by atoms with van der Waals surface area (Å²) in [7, 11) is 0. The molecule has 0 amide bonds. The lowest BCUT2D eigenvalue weighted by Gasteiger charge is -2.10. The van der Waals surface area contributed by atoms with Crippen molar-refractivity contribution in [2.75, 3.05) is 30.5 Å². The van der Waals surface area contributed by atoms with Gasteiger partial charge in [0.1, 0.15) is 5.75 Å². The van der Waals surface area contributed by atoms with Gasteiger partial charge in [0.15, 0.2) is 6.61 Å². The first-order chi connectivity index (χ1) is 9.01. The van der Waals surface area contributed by atoms with Crippen LogP contribution in [-0.4, -0.2) is 31.3 Å². The van der Waals surface area contributed by atoms with Crippen molar-refractivity contribution >= 4 is 17.4 Å². The molecule has 0 spiro atoms. The Morgan fingerprint density at radius 1 is 1.16 bits per heavy atom. The van der Waals surface area contributed by atoms with E-state index in [-0.39, 0.29) is 5.75 Å². The minimum Gasteiger partial charge on any atom is -0.484 e. The average Bonchev–Trinajstić information content (AvgIpc) is 2.37. The molecule has 1 aromatic rings. The van der Waals surface area contributed by atoms with Gasteiger partial charge in [0.2, 0.25) is 0 Å². The number of hydrogen-bond acceptors (Lipinski definition) is 3. The molecule has 0 atom stereocenters. The van der Waals surface area contributed by atoms with E-state index in [2.05, 4.69) is 16.3 Å². The van der Waals surface area contributed by atoms with Crippen LogP contribution in [0.4, 0.5) is 18.9 Å². The van der Waals surface area contributed by atoms with Crippen LogP contribution in [0.1, 0.15) is 12.8 Å². The summed E-state index contributed by atoms with van der Waals surface area (Å²) in [6.07, 6.45) is 0.00935. The van der Waals surface area contributed by atoms with Crippen molar-refractivity contribution < 1.29 is 17.9 Å². The molecule has 0 aliphatic carbocycles. The third-order valence-corrected chi connectivity index (χ3v) is 3.06. The molecule has 0 aromatic heterocycles. The van der Waals surface area contributed by atoms with Gasteiger partial charge in [-0.05, 0) is 49.1 Å². The van der Waals surface area contributed by atoms with Crippen LogP contribution in [0.15, 0.2) is 24.3 Å². The Morgan fingerprint density at radius 3 is 2.42 bits per heavy atom. The highest BCUT2D eigenvalue weighted by molar-refractivity contribution is 7.98. The molecule has 0 fully saturated rings. The van der Waals surface area contributed by atoms with Gasteiger partial charge in [-0.3, -0.25) is 0 Å². The number of rotatable bonds is 8. The first-order valence-corrected chi connectivity index (χ1v) is 7.43. The van der Waals surface area contributed by atoms with Crippen molar-refractivity contribution in [1.29, 1.82) is 0 Å². The standard InChI is InChI=1S/C13H18F3NOS/c1-19-9-3-2-8-17-11-4-6-12(7-5-11)18-10-13(14,15)16/h4-7,17H,2-3,8-10H2,1H3. The summed E-state index contributed by atoms with van der Waals surface area (Å²) in [6.45, 7) is -0.391. The van der Waals surface area contributed by atoms with Crippen LogP contribution >= 0.6 is 11.8 Å². The maximum Gasteiger partial charge on any atom is 0.422 e. The zero-order valence-electron chi connectivity index (χ0n) is 10.8. The topological polar surface area (TPSA) is 21.3 Å². The van der Waals surface area contributed by atoms with E-state index in [1.165, 1.54) is 12.1 Å². The van der Waals surface area contributed by atoms with E-state index >= 15 is 0 Å². The van der Waals surface area contributed by atoms with E-state index in [0.717, 1.165) is 30.8 Å². The third-order valence-electron chi connectivity index (χ3n) is 2.36. The molecule has 108 valence electrons. The molecular formula is C13H18F3NOS. The number of hydrogen-bond donors (Lipinski definition) is 1. The molecule has 6 heteroatoms. The summed E-state index contributed by atoms with van der Waals surface area (Å²) in [5.74, 6) is 1.37. The van der Waals surface area contributed by atoms with Gasteiger partial charge in [-0.15, -0.1) is 0 Å². The van der Waals surface area contributed by atoms with Crippen molar-refractivity contribution in [3.63, 3.8) is 0 Å². The fraction of sp³-hybridized carbons (Fsp3) is 0.538. The lowest BCUT2D eigenvalue weighted by molar-refractivity contribution is -0.153. The molecule has 0 saturated heterocycles. The average molecular weight is 293 g/mol. The zero-order valence-corrected chi connectivity index (χ0v) is 11.6. The SMILES string of the molecule is CSCCCCNc1ccc(OCC(F)(F)F)cc1. The highest BCUT2D eigenvalue weighted by atomic mass is 32.2. The maximum atomic E-state index is 11.9. The lowest BCUT2D eigenvalue weighted by Crippen LogP contribution is -2.19. The summed E-state index contributed by atoms with van der Waals surface area (Å²) < 4.78 is 40.5. The Hall–Kier alpha value is -1.04. The molecule has 19 heavy (non-hydrogen) atoms. The Balaban J connectivity index is 2.27. The summed E-state index contributed by atoms with van der Waals surface area (Å²) in [5, 5.41) is 3.22. The number of anilines is 1. The van der Waals surface area contributed by atoms with Crippen molar-refractivity contribution in [2.45, 2.75) is 19.0 Å². The highest BCUT2D eigenvalue weighted by Crippen LogP contribution is 2.20. The largest absolute Gasteiger partial charge is 0.484 e. The second-order valence-electron chi connectivity index (χ2n) is 4.05. The molecular weight excluding hydrogens is 275 g/mol. The van der Waals surface area contributed by atoms with Crippen molar-refractivity contribution in [1.82, 2.24) is 0 Å². The molecule has 0 aliphatic heterocycles. The summed E-state index contributed by atoms with van der Waals surface area (Å²) in [6, 6.07) is 6.52. The highest BCUT2D eigenvalue weighted by Gasteiger charge is 2.28. The molecule has 1 aromatic carbocycles. The minimum atomic E-state index is -4.30. The Kier molecular flexibility index (Phi) is 6.91. The predicted octanol–water partition coefficient (Wildman–Crippen LogP) is 4.18. The lowest BCUT2D eigenvalue weighted by atomic mass is 10.3. The fourth-order valence-corrected chi connectivity index (χ4v) is 1.93. The van der Waals surface area contributed by atoms with Crippen molar-refractivity contribution in [3.8, 4) is 5.75 Å². The van der Waals surface area contributed by atoms with Crippen molar-refractivity contribution in [2.24, 2.45) is 0 Å². The van der Waals surface area contributed by atoms with Crippen molar-refractivity contribution in [3.05, 3.63) is 24.3 Å². The molecule has 0 saturated carbocycles. The van der Waals surface area contributed by atoms with Gasteiger partial charge in [-0.25, -0.2) is 0 Å². The predicted molar refractivity (Wildman–Crippen MR) is 74.1 cm³/mol. The zero-order chi connectivity index (χ0) is 14.1. The molecule has 1 rings (SSSR count). The van der Waals surface area contributed by atoms with Crippen LogP contribution in [-0.2, 0) is 0 Å². The second-order valence-corrected chi connectivity index (χ2v) is 5.04. The fourth-order valence-electron chi connectivity index (χ4n) is 1.44. The number of ether oxygens (including phenoxy) is 1. The number of thioether (sulfide) groups is 1. The summed E-state index contributed by atoms with van der Waals surface area (Å²) >= 11 is 1.82. The summed E-state index contributed by atoms with van der Waals surface area (Å²) in [4.78, 5) is 0. The quantitative estimate of drug-likeness (QED) is 0.726. The van der Waals surface area contributed by atoms with Gasteiger partial charge < -0.3 is 10.1 Å². The smallest absolute Gasteiger partial charge is 0.422 e. The molecule has 0 radical (unpaired) electrons. The summed E-state index contributed by atoms with van der Waals surface area (Å²) in [5.41, 5.74) is 0.892. The van der Waals surface area contributed by atoms with Gasteiger partial charge in [0.25, 0.3) is 0 Å². The third kappa shape index (κ3) is 7.87. The van der Waals surface area contributed by atoms with E-state index in [0.29, 0.717) is 0 Å². The molecule has 0 bridgehead atoms. The van der Waals surface area contributed by atoms with Gasteiger partial charge >= 0.3 is 6.18 Å². The molecule has 0 heterocycles. The van der Waals surface area contributed by atoms with E-state index < -0.39 is 12.8 Å². The van der Waals surface area contributed by atoms with E-state index in [4.69, 9.17) is 0 Å². The second kappa shape index (κ2) is 8.19. The van der Waals surface area contributed by atoms with Crippen LogP contribution in [0.25, 0.3) is 0 Å². The number of nitrogens with one attached hydrogen (secondary N) is 1. The molecule has 1 N–H and O–H groups in total. The number of unbranched alkanes of at least 4 members (excludes halogenated alkanes) is 1. The molecule has 0 aliphatic rings. The van der Waals surface area contributed by atoms with Gasteiger partial charge in [0.05, 0.1) is 0 Å². The molecule has 2 nitrogen and oxygen atoms in total. The van der Waals surface area contributed by atoms with Crippen LogP contribution in [0.3, 0.4) is 0 Å². The van der Waals surface area contributed by atoms with Crippen LogP contribution in [0.2, 0.25) is 0 Å². The van der Waals surface area contributed by atoms with Gasteiger partial charge in [-0.2, -0.15) is 24.9 Å². The van der Waals surface area contributed by atoms with E-state index in [1.807, 2.05) is 11.8 Å². The first-order valence-electron chi connectivity index (χ1n) is 6.04. The number of halogens is 3.